The predicted octanol–water partition coefficient (Wildman–Crippen LogP) is 3.98. The van der Waals surface area contributed by atoms with Gasteiger partial charge in [-0.05, 0) is 36.1 Å². The van der Waals surface area contributed by atoms with Gasteiger partial charge in [-0.25, -0.2) is 0 Å². The molecular formula is C17H30N2. The van der Waals surface area contributed by atoms with E-state index in [0.717, 1.165) is 19.0 Å². The van der Waals surface area contributed by atoms with Crippen LogP contribution >= 0.6 is 0 Å². The Bertz CT molecular complexity index is 385. The van der Waals surface area contributed by atoms with Crippen molar-refractivity contribution in [3.05, 3.63) is 29.3 Å². The second-order valence-corrected chi connectivity index (χ2v) is 6.04. The molecule has 0 aromatic heterocycles. The third-order valence-corrected chi connectivity index (χ3v) is 3.75. The fourth-order valence-electron chi connectivity index (χ4n) is 2.13. The molecule has 1 atom stereocenters. The topological polar surface area (TPSA) is 15.3 Å². The number of aryl methyl sites for hydroxylation is 1. The largest absolute Gasteiger partial charge is 0.374 e. The summed E-state index contributed by atoms with van der Waals surface area (Å²) in [6.45, 7) is 13.2. The highest BCUT2D eigenvalue weighted by atomic mass is 15.1. The van der Waals surface area contributed by atoms with Crippen LogP contribution in [0.2, 0.25) is 0 Å². The van der Waals surface area contributed by atoms with E-state index in [2.05, 4.69) is 70.1 Å². The molecule has 1 aromatic rings. The molecule has 0 fully saturated rings. The molecule has 0 radical (unpaired) electrons. The Balaban J connectivity index is 2.70. The zero-order valence-corrected chi connectivity index (χ0v) is 13.5. The molecule has 1 aromatic carbocycles. The SMILES string of the molecule is CCC(C)CN(C)c1ccc(CNC(C)C)c(C)c1. The average molecular weight is 262 g/mol. The molecular weight excluding hydrogens is 232 g/mol. The fraction of sp³-hybridized carbons (Fsp3) is 0.647. The lowest BCUT2D eigenvalue weighted by atomic mass is 10.1. The third kappa shape index (κ3) is 5.23. The lowest BCUT2D eigenvalue weighted by Crippen LogP contribution is -2.24. The van der Waals surface area contributed by atoms with Gasteiger partial charge in [0, 0.05) is 31.9 Å². The van der Waals surface area contributed by atoms with Gasteiger partial charge in [0.2, 0.25) is 0 Å². The number of rotatable bonds is 7. The van der Waals surface area contributed by atoms with Gasteiger partial charge in [-0.2, -0.15) is 0 Å². The Morgan fingerprint density at radius 1 is 1.21 bits per heavy atom. The molecule has 1 unspecified atom stereocenters. The summed E-state index contributed by atoms with van der Waals surface area (Å²) in [5.74, 6) is 0.743. The highest BCUT2D eigenvalue weighted by Crippen LogP contribution is 2.19. The van der Waals surface area contributed by atoms with Crippen LogP contribution in [0, 0.1) is 12.8 Å². The third-order valence-electron chi connectivity index (χ3n) is 3.75. The van der Waals surface area contributed by atoms with Crippen LogP contribution in [0.5, 0.6) is 0 Å². The summed E-state index contributed by atoms with van der Waals surface area (Å²) in [7, 11) is 2.19. The minimum absolute atomic E-state index is 0.534. The van der Waals surface area contributed by atoms with Crippen LogP contribution in [0.1, 0.15) is 45.2 Å². The molecule has 0 heterocycles. The van der Waals surface area contributed by atoms with E-state index in [1.165, 1.54) is 23.2 Å². The normalized spacial score (nSPS) is 12.8. The summed E-state index contributed by atoms with van der Waals surface area (Å²) in [5.41, 5.74) is 4.10. The van der Waals surface area contributed by atoms with Crippen molar-refractivity contribution in [2.24, 2.45) is 5.92 Å². The van der Waals surface area contributed by atoms with E-state index in [0.29, 0.717) is 6.04 Å². The van der Waals surface area contributed by atoms with Gasteiger partial charge in [0.1, 0.15) is 0 Å². The molecule has 1 rings (SSSR count). The van der Waals surface area contributed by atoms with Crippen LogP contribution in [-0.2, 0) is 6.54 Å². The molecule has 0 spiro atoms. The van der Waals surface area contributed by atoms with Gasteiger partial charge in [0.25, 0.3) is 0 Å². The number of nitrogens with one attached hydrogen (secondary N) is 1. The van der Waals surface area contributed by atoms with Crippen LogP contribution in [-0.4, -0.2) is 19.6 Å². The summed E-state index contributed by atoms with van der Waals surface area (Å²) in [4.78, 5) is 2.36. The van der Waals surface area contributed by atoms with E-state index in [-0.39, 0.29) is 0 Å². The number of benzene rings is 1. The smallest absolute Gasteiger partial charge is 0.0366 e. The Morgan fingerprint density at radius 2 is 1.89 bits per heavy atom. The van der Waals surface area contributed by atoms with Crippen molar-refractivity contribution in [2.75, 3.05) is 18.5 Å². The molecule has 0 aliphatic rings. The van der Waals surface area contributed by atoms with Crippen LogP contribution < -0.4 is 10.2 Å². The van der Waals surface area contributed by atoms with Crippen molar-refractivity contribution in [2.45, 2.75) is 53.6 Å². The maximum atomic E-state index is 3.48. The molecule has 19 heavy (non-hydrogen) atoms. The molecule has 2 heteroatoms. The number of nitrogens with zero attached hydrogens (tertiary/aromatic N) is 1. The maximum Gasteiger partial charge on any atom is 0.0366 e. The lowest BCUT2D eigenvalue weighted by molar-refractivity contribution is 0.559. The minimum atomic E-state index is 0.534. The van der Waals surface area contributed by atoms with E-state index >= 15 is 0 Å². The molecule has 108 valence electrons. The molecule has 2 nitrogen and oxygen atoms in total. The summed E-state index contributed by atoms with van der Waals surface area (Å²) >= 11 is 0. The molecule has 0 bridgehead atoms. The van der Waals surface area contributed by atoms with Crippen molar-refractivity contribution in [3.63, 3.8) is 0 Å². The highest BCUT2D eigenvalue weighted by Gasteiger charge is 2.07. The zero-order chi connectivity index (χ0) is 14.4. The summed E-state index contributed by atoms with van der Waals surface area (Å²) < 4.78 is 0. The molecule has 0 saturated heterocycles. The summed E-state index contributed by atoms with van der Waals surface area (Å²) in [6.07, 6.45) is 1.24. The first-order valence-electron chi connectivity index (χ1n) is 7.48. The molecule has 1 N–H and O–H groups in total. The van der Waals surface area contributed by atoms with Crippen molar-refractivity contribution < 1.29 is 0 Å². The van der Waals surface area contributed by atoms with Crippen molar-refractivity contribution in [3.8, 4) is 0 Å². The van der Waals surface area contributed by atoms with Gasteiger partial charge in [-0.15, -0.1) is 0 Å². The average Bonchev–Trinajstić information content (AvgIpc) is 2.36. The van der Waals surface area contributed by atoms with E-state index in [1.54, 1.807) is 0 Å². The Labute approximate surface area is 119 Å². The van der Waals surface area contributed by atoms with E-state index in [1.807, 2.05) is 0 Å². The summed E-state index contributed by atoms with van der Waals surface area (Å²) in [6, 6.07) is 7.34. The van der Waals surface area contributed by atoms with E-state index in [4.69, 9.17) is 0 Å². The quantitative estimate of drug-likeness (QED) is 0.799. The van der Waals surface area contributed by atoms with Crippen molar-refractivity contribution in [1.29, 1.82) is 0 Å². The van der Waals surface area contributed by atoms with Gasteiger partial charge in [-0.1, -0.05) is 40.2 Å². The van der Waals surface area contributed by atoms with Crippen LogP contribution in [0.25, 0.3) is 0 Å². The molecule has 0 aliphatic carbocycles. The first-order valence-corrected chi connectivity index (χ1v) is 7.48. The predicted molar refractivity (Wildman–Crippen MR) is 85.9 cm³/mol. The highest BCUT2D eigenvalue weighted by molar-refractivity contribution is 5.50. The summed E-state index contributed by atoms with van der Waals surface area (Å²) in [5, 5.41) is 3.48. The van der Waals surface area contributed by atoms with E-state index < -0.39 is 0 Å². The number of anilines is 1. The van der Waals surface area contributed by atoms with Gasteiger partial charge in [0.15, 0.2) is 0 Å². The van der Waals surface area contributed by atoms with Crippen LogP contribution in [0.3, 0.4) is 0 Å². The minimum Gasteiger partial charge on any atom is -0.374 e. The molecule has 0 saturated carbocycles. The Morgan fingerprint density at radius 3 is 2.42 bits per heavy atom. The van der Waals surface area contributed by atoms with Gasteiger partial charge >= 0.3 is 0 Å². The monoisotopic (exact) mass is 262 g/mol. The zero-order valence-electron chi connectivity index (χ0n) is 13.5. The molecule has 0 amide bonds. The maximum absolute atomic E-state index is 3.48. The molecule has 0 aliphatic heterocycles. The number of hydrogen-bond acceptors (Lipinski definition) is 2. The standard InChI is InChI=1S/C17H30N2/c1-7-14(4)12-19(6)17-9-8-16(15(5)10-17)11-18-13(2)3/h8-10,13-14,18H,7,11-12H2,1-6H3. The first kappa shape index (κ1) is 16.0. The lowest BCUT2D eigenvalue weighted by Gasteiger charge is -2.24. The Hall–Kier alpha value is -1.02. The van der Waals surface area contributed by atoms with Gasteiger partial charge in [-0.3, -0.25) is 0 Å². The van der Waals surface area contributed by atoms with Gasteiger partial charge in [0.05, 0.1) is 0 Å². The second kappa shape index (κ2) is 7.54. The number of hydrogen-bond donors (Lipinski definition) is 1. The van der Waals surface area contributed by atoms with E-state index in [9.17, 15) is 0 Å². The van der Waals surface area contributed by atoms with Crippen molar-refractivity contribution in [1.82, 2.24) is 5.32 Å². The van der Waals surface area contributed by atoms with Crippen molar-refractivity contribution >= 4 is 5.69 Å². The fourth-order valence-corrected chi connectivity index (χ4v) is 2.13. The van der Waals surface area contributed by atoms with Crippen LogP contribution in [0.4, 0.5) is 5.69 Å². The first-order chi connectivity index (χ1) is 8.93. The second-order valence-electron chi connectivity index (χ2n) is 6.04. The Kier molecular flexibility index (Phi) is 6.36. The van der Waals surface area contributed by atoms with Crippen LogP contribution in [0.15, 0.2) is 18.2 Å². The van der Waals surface area contributed by atoms with Gasteiger partial charge < -0.3 is 10.2 Å².